The molecule has 0 radical (unpaired) electrons. The van der Waals surface area contributed by atoms with Crippen LogP contribution in [0.15, 0.2) is 36.7 Å². The maximum Gasteiger partial charge on any atom is 0.224 e. The third-order valence-corrected chi connectivity index (χ3v) is 3.05. The Kier molecular flexibility index (Phi) is 4.53. The van der Waals surface area contributed by atoms with Gasteiger partial charge in [-0.3, -0.25) is 4.79 Å². The molecule has 1 aromatic carbocycles. The Morgan fingerprint density at radius 1 is 1.50 bits per heavy atom. The first kappa shape index (κ1) is 14.3. The number of hydrogen-bond donors (Lipinski definition) is 2. The molecule has 5 heteroatoms. The average molecular weight is 272 g/mol. The number of nitrogens with zero attached hydrogens (tertiary/aromatic N) is 2. The van der Waals surface area contributed by atoms with Gasteiger partial charge >= 0.3 is 0 Å². The largest absolute Gasteiger partial charge is 0.334 e. The molecule has 0 spiro atoms. The normalized spacial score (nSPS) is 12.2. The van der Waals surface area contributed by atoms with E-state index in [9.17, 15) is 4.79 Å². The van der Waals surface area contributed by atoms with E-state index in [0.29, 0.717) is 12.8 Å². The highest BCUT2D eigenvalue weighted by atomic mass is 16.1. The van der Waals surface area contributed by atoms with Crippen molar-refractivity contribution < 1.29 is 4.79 Å². The first-order valence-electron chi connectivity index (χ1n) is 6.69. The molecular formula is C15H20N4O. The third kappa shape index (κ3) is 3.68. The van der Waals surface area contributed by atoms with Gasteiger partial charge < -0.3 is 15.6 Å². The second-order valence-corrected chi connectivity index (χ2v) is 5.01. The Balaban J connectivity index is 2.07. The summed E-state index contributed by atoms with van der Waals surface area (Å²) in [6, 6.07) is 7.72. The van der Waals surface area contributed by atoms with Crippen molar-refractivity contribution in [2.75, 3.05) is 5.32 Å². The van der Waals surface area contributed by atoms with Gasteiger partial charge in [-0.2, -0.15) is 0 Å². The topological polar surface area (TPSA) is 72.9 Å². The number of nitrogens with one attached hydrogen (secondary N) is 1. The molecule has 1 aromatic heterocycles. The summed E-state index contributed by atoms with van der Waals surface area (Å²) in [6.07, 6.45) is 4.77. The zero-order valence-corrected chi connectivity index (χ0v) is 11.8. The molecule has 0 aliphatic carbocycles. The molecule has 0 aliphatic heterocycles. The lowest BCUT2D eigenvalue weighted by Crippen LogP contribution is -2.19. The molecule has 1 unspecified atom stereocenters. The molecule has 0 saturated heterocycles. The molecule has 1 amide bonds. The minimum absolute atomic E-state index is 0.0145. The van der Waals surface area contributed by atoms with Crippen LogP contribution in [0.2, 0.25) is 0 Å². The molecule has 3 N–H and O–H groups in total. The Morgan fingerprint density at radius 2 is 2.30 bits per heavy atom. The molecule has 20 heavy (non-hydrogen) atoms. The van der Waals surface area contributed by atoms with Crippen LogP contribution in [0.25, 0.3) is 11.4 Å². The lowest BCUT2D eigenvalue weighted by Gasteiger charge is -2.08. The monoisotopic (exact) mass is 272 g/mol. The minimum Gasteiger partial charge on any atom is -0.334 e. The van der Waals surface area contributed by atoms with Crippen molar-refractivity contribution in [1.82, 2.24) is 9.55 Å². The highest BCUT2D eigenvalue weighted by molar-refractivity contribution is 5.91. The Hall–Kier alpha value is -2.14. The fourth-order valence-corrected chi connectivity index (χ4v) is 1.96. The fraction of sp³-hybridized carbons (Fsp3) is 0.333. The summed E-state index contributed by atoms with van der Waals surface area (Å²) < 4.78 is 1.94. The van der Waals surface area contributed by atoms with E-state index in [4.69, 9.17) is 5.73 Å². The number of rotatable bonds is 5. The van der Waals surface area contributed by atoms with Crippen molar-refractivity contribution in [3.63, 3.8) is 0 Å². The number of hydrogen-bond acceptors (Lipinski definition) is 3. The van der Waals surface area contributed by atoms with Crippen LogP contribution in [-0.4, -0.2) is 21.5 Å². The van der Waals surface area contributed by atoms with Crippen LogP contribution in [0.4, 0.5) is 5.69 Å². The molecule has 106 valence electrons. The average Bonchev–Trinajstić information content (AvgIpc) is 2.83. The number of amides is 1. The molecule has 5 nitrogen and oxygen atoms in total. The van der Waals surface area contributed by atoms with Crippen LogP contribution < -0.4 is 11.1 Å². The first-order chi connectivity index (χ1) is 9.56. The maximum atomic E-state index is 11.8. The van der Waals surface area contributed by atoms with Crippen LogP contribution >= 0.6 is 0 Å². The summed E-state index contributed by atoms with van der Waals surface area (Å²) in [6.45, 7) is 1.90. The maximum absolute atomic E-state index is 11.8. The fourth-order valence-electron chi connectivity index (χ4n) is 1.96. The van der Waals surface area contributed by atoms with Gasteiger partial charge in [0, 0.05) is 43.2 Å². The predicted molar refractivity (Wildman–Crippen MR) is 80.2 cm³/mol. The van der Waals surface area contributed by atoms with Crippen molar-refractivity contribution in [2.45, 2.75) is 25.8 Å². The Labute approximate surface area is 118 Å². The number of benzene rings is 1. The van der Waals surface area contributed by atoms with Gasteiger partial charge in [0.05, 0.1) is 0 Å². The number of imidazole rings is 1. The number of aromatic nitrogens is 2. The van der Waals surface area contributed by atoms with Gasteiger partial charge in [-0.1, -0.05) is 12.1 Å². The van der Waals surface area contributed by atoms with Crippen LogP contribution in [0.3, 0.4) is 0 Å². The molecule has 1 heterocycles. The van der Waals surface area contributed by atoms with Crippen molar-refractivity contribution >= 4 is 11.6 Å². The molecule has 2 aromatic rings. The van der Waals surface area contributed by atoms with E-state index in [1.165, 1.54) is 0 Å². The van der Waals surface area contributed by atoms with E-state index in [1.54, 1.807) is 6.20 Å². The molecular weight excluding hydrogens is 252 g/mol. The molecule has 0 saturated carbocycles. The SMILES string of the molecule is CC(N)CCC(=O)Nc1cccc(-c2nccn2C)c1. The Morgan fingerprint density at radius 3 is 2.95 bits per heavy atom. The quantitative estimate of drug-likeness (QED) is 0.876. The molecule has 1 atom stereocenters. The molecule has 0 fully saturated rings. The van der Waals surface area contributed by atoms with Crippen LogP contribution in [0.5, 0.6) is 0 Å². The summed E-state index contributed by atoms with van der Waals surface area (Å²) in [5, 5.41) is 2.89. The van der Waals surface area contributed by atoms with E-state index >= 15 is 0 Å². The van der Waals surface area contributed by atoms with Gasteiger partial charge in [0.25, 0.3) is 0 Å². The van der Waals surface area contributed by atoms with E-state index in [0.717, 1.165) is 17.1 Å². The van der Waals surface area contributed by atoms with Gasteiger partial charge in [-0.05, 0) is 25.5 Å². The van der Waals surface area contributed by atoms with Crippen molar-refractivity contribution in [3.05, 3.63) is 36.7 Å². The van der Waals surface area contributed by atoms with Crippen molar-refractivity contribution in [1.29, 1.82) is 0 Å². The summed E-state index contributed by atoms with van der Waals surface area (Å²) in [5.41, 5.74) is 7.40. The second-order valence-electron chi connectivity index (χ2n) is 5.01. The molecule has 2 rings (SSSR count). The standard InChI is InChI=1S/C15H20N4O/c1-11(16)6-7-14(20)18-13-5-3-4-12(10-13)15-17-8-9-19(15)2/h3-5,8-11H,6-7,16H2,1-2H3,(H,18,20). The highest BCUT2D eigenvalue weighted by Gasteiger charge is 2.07. The summed E-state index contributed by atoms with van der Waals surface area (Å²) in [4.78, 5) is 16.1. The van der Waals surface area contributed by atoms with E-state index in [-0.39, 0.29) is 11.9 Å². The van der Waals surface area contributed by atoms with E-state index in [2.05, 4.69) is 10.3 Å². The summed E-state index contributed by atoms with van der Waals surface area (Å²) in [7, 11) is 1.94. The van der Waals surface area contributed by atoms with E-state index in [1.807, 2.05) is 49.0 Å². The van der Waals surface area contributed by atoms with E-state index < -0.39 is 0 Å². The van der Waals surface area contributed by atoms with Crippen LogP contribution in [-0.2, 0) is 11.8 Å². The zero-order valence-electron chi connectivity index (χ0n) is 11.8. The Bertz CT molecular complexity index is 589. The molecule has 0 bridgehead atoms. The molecule has 0 aliphatic rings. The van der Waals surface area contributed by atoms with Gasteiger partial charge in [0.2, 0.25) is 5.91 Å². The van der Waals surface area contributed by atoms with Crippen molar-refractivity contribution in [3.8, 4) is 11.4 Å². The van der Waals surface area contributed by atoms with Gasteiger partial charge in [0.1, 0.15) is 5.82 Å². The minimum atomic E-state index is -0.0145. The number of aryl methyl sites for hydroxylation is 1. The van der Waals surface area contributed by atoms with Crippen LogP contribution in [0, 0.1) is 0 Å². The number of nitrogens with two attached hydrogens (primary N) is 1. The summed E-state index contributed by atoms with van der Waals surface area (Å²) >= 11 is 0. The number of carbonyl (C=O) groups excluding carboxylic acids is 1. The highest BCUT2D eigenvalue weighted by Crippen LogP contribution is 2.20. The summed E-state index contributed by atoms with van der Waals surface area (Å²) in [5.74, 6) is 0.857. The first-order valence-corrected chi connectivity index (χ1v) is 6.69. The lowest BCUT2D eigenvalue weighted by atomic mass is 10.1. The van der Waals surface area contributed by atoms with Gasteiger partial charge in [-0.25, -0.2) is 4.98 Å². The second kappa shape index (κ2) is 6.34. The number of carbonyl (C=O) groups is 1. The smallest absolute Gasteiger partial charge is 0.224 e. The number of anilines is 1. The van der Waals surface area contributed by atoms with Gasteiger partial charge in [-0.15, -0.1) is 0 Å². The predicted octanol–water partition coefficient (Wildman–Crippen LogP) is 2.15. The van der Waals surface area contributed by atoms with Gasteiger partial charge in [0.15, 0.2) is 0 Å². The third-order valence-electron chi connectivity index (χ3n) is 3.05. The zero-order chi connectivity index (χ0) is 14.5. The van der Waals surface area contributed by atoms with Crippen LogP contribution in [0.1, 0.15) is 19.8 Å². The lowest BCUT2D eigenvalue weighted by molar-refractivity contribution is -0.116. The van der Waals surface area contributed by atoms with Crippen molar-refractivity contribution in [2.24, 2.45) is 12.8 Å².